The van der Waals surface area contributed by atoms with Gasteiger partial charge in [0.1, 0.15) is 5.82 Å². The molecule has 8 nitrogen and oxygen atoms in total. The van der Waals surface area contributed by atoms with Crippen molar-refractivity contribution >= 4 is 49.0 Å². The Balaban J connectivity index is 1.76. The van der Waals surface area contributed by atoms with Crippen LogP contribution in [0, 0.1) is 25.1 Å². The minimum absolute atomic E-state index is 0.0163. The van der Waals surface area contributed by atoms with Gasteiger partial charge in [0, 0.05) is 23.3 Å². The van der Waals surface area contributed by atoms with Crippen molar-refractivity contribution in [3.05, 3.63) is 58.7 Å². The molecule has 0 aliphatic carbocycles. The molecule has 0 saturated heterocycles. The molecule has 1 aromatic carbocycles. The molecule has 0 unspecified atom stereocenters. The molecule has 0 bridgehead atoms. The van der Waals surface area contributed by atoms with Crippen LogP contribution in [0.25, 0.3) is 11.8 Å². The van der Waals surface area contributed by atoms with Gasteiger partial charge in [-0.15, -0.1) is 5.10 Å². The third-order valence-corrected chi connectivity index (χ3v) is 7.17. The van der Waals surface area contributed by atoms with Gasteiger partial charge in [-0.05, 0) is 61.5 Å². The number of nitrogens with one attached hydrogen (secondary N) is 1. The number of aryl methyl sites for hydroxylation is 1. The molecule has 0 atom stereocenters. The van der Waals surface area contributed by atoms with Crippen LogP contribution < -0.4 is 0 Å². The molecule has 30 heavy (non-hydrogen) atoms. The minimum Gasteiger partial charge on any atom is -0.318 e. The van der Waals surface area contributed by atoms with Gasteiger partial charge < -0.3 is 4.57 Å². The van der Waals surface area contributed by atoms with E-state index in [-0.39, 0.29) is 26.8 Å². The van der Waals surface area contributed by atoms with Crippen molar-refractivity contribution in [3.8, 4) is 5.69 Å². The molecule has 3 heterocycles. The first-order valence-electron chi connectivity index (χ1n) is 8.71. The summed E-state index contributed by atoms with van der Waals surface area (Å²) in [5.74, 6) is -1.27. The van der Waals surface area contributed by atoms with Gasteiger partial charge in [-0.3, -0.25) is 10.2 Å². The van der Waals surface area contributed by atoms with E-state index < -0.39 is 15.7 Å². The van der Waals surface area contributed by atoms with Crippen molar-refractivity contribution in [2.45, 2.75) is 13.8 Å². The fourth-order valence-electron chi connectivity index (χ4n) is 3.23. The van der Waals surface area contributed by atoms with Crippen LogP contribution in [0.4, 0.5) is 4.39 Å². The first-order valence-corrected chi connectivity index (χ1v) is 11.4. The van der Waals surface area contributed by atoms with Crippen LogP contribution in [-0.2, 0) is 14.6 Å². The number of carbonyl (C=O) groups is 1. The fourth-order valence-corrected chi connectivity index (χ4v) is 4.91. The second-order valence-electron chi connectivity index (χ2n) is 6.80. The van der Waals surface area contributed by atoms with Gasteiger partial charge >= 0.3 is 0 Å². The summed E-state index contributed by atoms with van der Waals surface area (Å²) in [5.41, 5.74) is 2.84. The number of hydrazone groups is 1. The van der Waals surface area contributed by atoms with Crippen molar-refractivity contribution in [3.63, 3.8) is 0 Å². The van der Waals surface area contributed by atoms with Crippen molar-refractivity contribution in [1.82, 2.24) is 9.58 Å². The van der Waals surface area contributed by atoms with Crippen LogP contribution in [0.3, 0.4) is 0 Å². The number of benzene rings is 1. The van der Waals surface area contributed by atoms with Crippen LogP contribution in [0.15, 0.2) is 46.0 Å². The number of rotatable bonds is 2. The predicted octanol–water partition coefficient (Wildman–Crippen LogP) is 2.85. The molecule has 1 amide bonds. The molecule has 2 aliphatic rings. The monoisotopic (exact) mass is 445 g/mol. The lowest BCUT2D eigenvalue weighted by atomic mass is 10.1. The van der Waals surface area contributed by atoms with Crippen molar-refractivity contribution in [1.29, 1.82) is 5.41 Å². The zero-order chi connectivity index (χ0) is 21.8. The number of halogens is 1. The quantitative estimate of drug-likeness (QED) is 0.715. The SMILES string of the molecule is Cc1cc(/C=C2\C(=N)N3N=C(S(C)(=O)=O)SC3=NC2=O)c(C)n1-c1cccc(F)c1. The maximum atomic E-state index is 13.7. The number of aliphatic imine (C=N–C) groups is 1. The molecule has 0 saturated carbocycles. The van der Waals surface area contributed by atoms with Gasteiger partial charge in [-0.2, -0.15) is 10.0 Å². The number of sulfone groups is 1. The van der Waals surface area contributed by atoms with E-state index in [1.54, 1.807) is 12.1 Å². The maximum absolute atomic E-state index is 13.7. The number of fused-ring (bicyclic) bond motifs is 1. The smallest absolute Gasteiger partial charge is 0.283 e. The highest BCUT2D eigenvalue weighted by atomic mass is 32.3. The first-order chi connectivity index (χ1) is 14.1. The Hall–Kier alpha value is -3.05. The van der Waals surface area contributed by atoms with E-state index in [9.17, 15) is 17.6 Å². The molecule has 154 valence electrons. The second-order valence-corrected chi connectivity index (χ2v) is 9.95. The molecule has 1 aromatic heterocycles. The first kappa shape index (κ1) is 20.2. The third kappa shape index (κ3) is 3.39. The Labute approximate surface area is 176 Å². The molecular weight excluding hydrogens is 429 g/mol. The summed E-state index contributed by atoms with van der Waals surface area (Å²) in [5, 5.41) is 13.4. The molecule has 1 N–H and O–H groups in total. The topological polar surface area (TPSA) is 108 Å². The summed E-state index contributed by atoms with van der Waals surface area (Å²) >= 11 is 0.735. The summed E-state index contributed by atoms with van der Waals surface area (Å²) < 4.78 is 38.8. The van der Waals surface area contributed by atoms with E-state index in [1.807, 2.05) is 24.5 Å². The number of amides is 1. The van der Waals surface area contributed by atoms with Gasteiger partial charge in [-0.25, -0.2) is 12.8 Å². The molecular formula is C19H16FN5O3S2. The summed E-state index contributed by atoms with van der Waals surface area (Å²) in [4.78, 5) is 16.4. The minimum atomic E-state index is -3.59. The number of thioether (sulfide) groups is 1. The highest BCUT2D eigenvalue weighted by Gasteiger charge is 2.38. The van der Waals surface area contributed by atoms with E-state index in [2.05, 4.69) is 10.1 Å². The fraction of sp³-hybridized carbons (Fsp3) is 0.158. The van der Waals surface area contributed by atoms with Gasteiger partial charge in [0.25, 0.3) is 5.91 Å². The Kier molecular flexibility index (Phi) is 4.74. The highest BCUT2D eigenvalue weighted by Crippen LogP contribution is 2.31. The highest BCUT2D eigenvalue weighted by molar-refractivity contribution is 8.42. The van der Waals surface area contributed by atoms with E-state index >= 15 is 0 Å². The zero-order valence-electron chi connectivity index (χ0n) is 16.2. The largest absolute Gasteiger partial charge is 0.318 e. The molecule has 0 radical (unpaired) electrons. The van der Waals surface area contributed by atoms with Gasteiger partial charge in [0.15, 0.2) is 5.84 Å². The van der Waals surface area contributed by atoms with Crippen molar-refractivity contribution in [2.24, 2.45) is 10.1 Å². The van der Waals surface area contributed by atoms with Gasteiger partial charge in [0.2, 0.25) is 19.4 Å². The Bertz CT molecular complexity index is 1320. The second kappa shape index (κ2) is 7.03. The van der Waals surface area contributed by atoms with Crippen molar-refractivity contribution in [2.75, 3.05) is 6.26 Å². The third-order valence-electron chi connectivity index (χ3n) is 4.59. The number of hydrogen-bond donors (Lipinski definition) is 1. The van der Waals surface area contributed by atoms with Gasteiger partial charge in [-0.1, -0.05) is 6.07 Å². The Morgan fingerprint density at radius 3 is 2.63 bits per heavy atom. The lowest BCUT2D eigenvalue weighted by Crippen LogP contribution is -2.35. The Morgan fingerprint density at radius 1 is 1.23 bits per heavy atom. The van der Waals surface area contributed by atoms with E-state index in [0.717, 1.165) is 34.4 Å². The number of amidine groups is 2. The van der Waals surface area contributed by atoms with Crippen LogP contribution >= 0.6 is 11.8 Å². The molecule has 2 aliphatic heterocycles. The van der Waals surface area contributed by atoms with Gasteiger partial charge in [0.05, 0.1) is 5.57 Å². The molecule has 4 rings (SSSR count). The molecule has 0 fully saturated rings. The average Bonchev–Trinajstić information content (AvgIpc) is 3.20. The van der Waals surface area contributed by atoms with Crippen LogP contribution in [0.2, 0.25) is 0 Å². The summed E-state index contributed by atoms with van der Waals surface area (Å²) in [6.07, 6.45) is 2.52. The Morgan fingerprint density at radius 2 is 1.97 bits per heavy atom. The normalized spacial score (nSPS) is 18.0. The maximum Gasteiger partial charge on any atom is 0.283 e. The molecule has 11 heteroatoms. The molecule has 0 spiro atoms. The summed E-state index contributed by atoms with van der Waals surface area (Å²) in [6, 6.07) is 7.96. The lowest BCUT2D eigenvalue weighted by Gasteiger charge is -2.20. The summed E-state index contributed by atoms with van der Waals surface area (Å²) in [6.45, 7) is 3.67. The van der Waals surface area contributed by atoms with Crippen LogP contribution in [0.1, 0.15) is 17.0 Å². The van der Waals surface area contributed by atoms with E-state index in [0.29, 0.717) is 11.3 Å². The van der Waals surface area contributed by atoms with Crippen LogP contribution in [-0.4, -0.2) is 45.5 Å². The van der Waals surface area contributed by atoms with Crippen LogP contribution in [0.5, 0.6) is 0 Å². The number of hydrogen-bond acceptors (Lipinski definition) is 6. The summed E-state index contributed by atoms with van der Waals surface area (Å²) in [7, 11) is -3.59. The molecule has 2 aromatic rings. The van der Waals surface area contributed by atoms with Crippen molar-refractivity contribution < 1.29 is 17.6 Å². The van der Waals surface area contributed by atoms with E-state index in [1.165, 1.54) is 18.2 Å². The predicted molar refractivity (Wildman–Crippen MR) is 115 cm³/mol. The number of nitrogens with zero attached hydrogens (tertiary/aromatic N) is 4. The standard InChI is InChI=1S/C19H16FN5O3S2/c1-10-7-12(11(2)24(10)14-6-4-5-13(20)9-14)8-15-16(21)25-18(22-17(15)26)29-19(23-25)30(3,27)28/h4-9,21H,1-3H3/b15-8+,21-16?. The zero-order valence-corrected chi connectivity index (χ0v) is 17.8. The average molecular weight is 446 g/mol. The number of aromatic nitrogens is 1. The number of carbonyl (C=O) groups excluding carboxylic acids is 1. The lowest BCUT2D eigenvalue weighted by molar-refractivity contribution is -0.114. The van der Waals surface area contributed by atoms with E-state index in [4.69, 9.17) is 5.41 Å².